The first-order chi connectivity index (χ1) is 12.7. The van der Waals surface area contributed by atoms with Crippen LogP contribution in [0.5, 0.6) is 0 Å². The Morgan fingerprint density at radius 1 is 1.26 bits per heavy atom. The molecule has 5 nitrogen and oxygen atoms in total. The number of nitrogens with zero attached hydrogens (tertiary/aromatic N) is 2. The summed E-state index contributed by atoms with van der Waals surface area (Å²) < 4.78 is 43.4. The Kier molecular flexibility index (Phi) is 5.67. The molecule has 1 aliphatic heterocycles. The molecular weight excluding hydrogens is 406 g/mol. The van der Waals surface area contributed by atoms with Crippen molar-refractivity contribution in [2.45, 2.75) is 18.7 Å². The number of aromatic nitrogens is 1. The maximum atomic E-state index is 12.7. The Hall–Kier alpha value is -2.19. The van der Waals surface area contributed by atoms with E-state index < -0.39 is 23.9 Å². The fraction of sp³-hybridized carbons (Fsp3) is 0.294. The third-order valence-corrected chi connectivity index (χ3v) is 4.49. The van der Waals surface area contributed by atoms with E-state index in [0.29, 0.717) is 23.7 Å². The van der Waals surface area contributed by atoms with Gasteiger partial charge in [0.25, 0.3) is 0 Å². The first-order valence-electron chi connectivity index (χ1n) is 7.93. The Labute approximate surface area is 163 Å². The fourth-order valence-corrected chi connectivity index (χ4v) is 3.08. The second-order valence-electron chi connectivity index (χ2n) is 5.92. The van der Waals surface area contributed by atoms with Gasteiger partial charge in [0.05, 0.1) is 17.1 Å². The summed E-state index contributed by atoms with van der Waals surface area (Å²) in [5.41, 5.74) is -0.378. The molecule has 0 saturated carbocycles. The molecule has 1 aromatic heterocycles. The molecular formula is C17H14Cl2F3N3O2. The molecule has 1 aromatic carbocycles. The lowest BCUT2D eigenvalue weighted by Crippen LogP contribution is -2.27. The number of benzene rings is 1. The van der Waals surface area contributed by atoms with Crippen LogP contribution >= 0.6 is 23.2 Å². The predicted octanol–water partition coefficient (Wildman–Crippen LogP) is 5.23. The second-order valence-corrected chi connectivity index (χ2v) is 6.76. The van der Waals surface area contributed by atoms with Gasteiger partial charge in [0.15, 0.2) is 0 Å². The Balaban J connectivity index is 1.58. The standard InChI is InChI=1S/C17H14Cl2F3N3O2/c18-11-1-3-12(4-2-11)24-16(26)27-13-5-6-25(9-13)15-14(19)7-10(8-23-15)17(20,21)22/h1-4,7-8,13H,5-6,9H2,(H,24,26)/t13-/m0/s1. The molecule has 10 heteroatoms. The van der Waals surface area contributed by atoms with E-state index in [2.05, 4.69) is 10.3 Å². The number of carbonyl (C=O) groups is 1. The van der Waals surface area contributed by atoms with E-state index >= 15 is 0 Å². The SMILES string of the molecule is O=C(Nc1ccc(Cl)cc1)O[C@H]1CCN(c2ncc(C(F)(F)F)cc2Cl)C1. The van der Waals surface area contributed by atoms with Gasteiger partial charge in [-0.15, -0.1) is 0 Å². The molecule has 0 bridgehead atoms. The van der Waals surface area contributed by atoms with Crippen LogP contribution in [0, 0.1) is 0 Å². The molecule has 1 fully saturated rings. The van der Waals surface area contributed by atoms with Crippen molar-refractivity contribution < 1.29 is 22.7 Å². The number of pyridine rings is 1. The van der Waals surface area contributed by atoms with Crippen molar-refractivity contribution in [3.63, 3.8) is 0 Å². The highest BCUT2D eigenvalue weighted by Crippen LogP contribution is 2.34. The number of alkyl halides is 3. The Morgan fingerprint density at radius 2 is 1.96 bits per heavy atom. The van der Waals surface area contributed by atoms with Gasteiger partial charge in [0.2, 0.25) is 0 Å². The Morgan fingerprint density at radius 3 is 2.59 bits per heavy atom. The van der Waals surface area contributed by atoms with Crippen LogP contribution in [-0.4, -0.2) is 30.3 Å². The predicted molar refractivity (Wildman–Crippen MR) is 96.4 cm³/mol. The number of nitrogens with one attached hydrogen (secondary N) is 1. The lowest BCUT2D eigenvalue weighted by atomic mass is 10.2. The maximum absolute atomic E-state index is 12.7. The highest BCUT2D eigenvalue weighted by atomic mass is 35.5. The van der Waals surface area contributed by atoms with Gasteiger partial charge < -0.3 is 9.64 Å². The highest BCUT2D eigenvalue weighted by molar-refractivity contribution is 6.33. The van der Waals surface area contributed by atoms with E-state index in [1.54, 1.807) is 29.2 Å². The topological polar surface area (TPSA) is 54.5 Å². The first kappa shape index (κ1) is 19.6. The number of anilines is 2. The number of hydrogen-bond donors (Lipinski definition) is 1. The lowest BCUT2D eigenvalue weighted by molar-refractivity contribution is -0.137. The lowest BCUT2D eigenvalue weighted by Gasteiger charge is -2.19. The number of carbonyl (C=O) groups excluding carboxylic acids is 1. The molecule has 3 rings (SSSR count). The van der Waals surface area contributed by atoms with Crippen molar-refractivity contribution in [2.75, 3.05) is 23.3 Å². The number of amides is 1. The molecule has 1 N–H and O–H groups in total. The summed E-state index contributed by atoms with van der Waals surface area (Å²) in [5.74, 6) is 0.230. The normalized spacial score (nSPS) is 17.1. The van der Waals surface area contributed by atoms with Crippen LogP contribution in [0.15, 0.2) is 36.5 Å². The molecule has 1 saturated heterocycles. The summed E-state index contributed by atoms with van der Waals surface area (Å²) >= 11 is 11.7. The van der Waals surface area contributed by atoms with Crippen molar-refractivity contribution >= 4 is 40.8 Å². The van der Waals surface area contributed by atoms with E-state index in [9.17, 15) is 18.0 Å². The summed E-state index contributed by atoms with van der Waals surface area (Å²) in [6, 6.07) is 7.37. The van der Waals surface area contributed by atoms with E-state index in [4.69, 9.17) is 27.9 Å². The third kappa shape index (κ3) is 4.95. The second kappa shape index (κ2) is 7.82. The molecule has 0 unspecified atom stereocenters. The first-order valence-corrected chi connectivity index (χ1v) is 8.69. The number of hydrogen-bond acceptors (Lipinski definition) is 4. The average molecular weight is 420 g/mol. The van der Waals surface area contributed by atoms with Gasteiger partial charge in [-0.1, -0.05) is 23.2 Å². The molecule has 27 heavy (non-hydrogen) atoms. The minimum absolute atomic E-state index is 0.101. The summed E-state index contributed by atoms with van der Waals surface area (Å²) in [6.07, 6.45) is -4.32. The summed E-state index contributed by atoms with van der Waals surface area (Å²) in [6.45, 7) is 0.739. The van der Waals surface area contributed by atoms with E-state index in [-0.39, 0.29) is 17.4 Å². The van der Waals surface area contributed by atoms with Crippen molar-refractivity contribution in [3.8, 4) is 0 Å². The molecule has 1 atom stereocenters. The van der Waals surface area contributed by atoms with Crippen LogP contribution < -0.4 is 10.2 Å². The molecule has 1 aliphatic rings. The van der Waals surface area contributed by atoms with Crippen LogP contribution in [0.3, 0.4) is 0 Å². The molecule has 0 spiro atoms. The van der Waals surface area contributed by atoms with E-state index in [0.717, 1.165) is 12.3 Å². The van der Waals surface area contributed by atoms with Crippen molar-refractivity contribution in [1.82, 2.24) is 4.98 Å². The van der Waals surface area contributed by atoms with Gasteiger partial charge in [-0.25, -0.2) is 9.78 Å². The number of rotatable bonds is 3. The van der Waals surface area contributed by atoms with Crippen LogP contribution in [0.4, 0.5) is 29.5 Å². The van der Waals surface area contributed by atoms with Gasteiger partial charge in [-0.3, -0.25) is 5.32 Å². The summed E-state index contributed by atoms with van der Waals surface area (Å²) in [4.78, 5) is 17.5. The third-order valence-electron chi connectivity index (χ3n) is 3.96. The summed E-state index contributed by atoms with van der Waals surface area (Å²) in [5, 5.41) is 3.02. The quantitative estimate of drug-likeness (QED) is 0.739. The zero-order chi connectivity index (χ0) is 19.6. The molecule has 0 radical (unpaired) electrons. The maximum Gasteiger partial charge on any atom is 0.417 e. The van der Waals surface area contributed by atoms with E-state index in [1.807, 2.05) is 0 Å². The zero-order valence-corrected chi connectivity index (χ0v) is 15.3. The van der Waals surface area contributed by atoms with Crippen LogP contribution in [-0.2, 0) is 10.9 Å². The Bertz CT molecular complexity index is 831. The molecule has 0 aliphatic carbocycles. The van der Waals surface area contributed by atoms with Gasteiger partial charge in [-0.05, 0) is 30.3 Å². The summed E-state index contributed by atoms with van der Waals surface area (Å²) in [7, 11) is 0. The van der Waals surface area contributed by atoms with Gasteiger partial charge in [0.1, 0.15) is 11.9 Å². The minimum Gasteiger partial charge on any atom is -0.444 e. The molecule has 2 aromatic rings. The highest BCUT2D eigenvalue weighted by Gasteiger charge is 2.33. The average Bonchev–Trinajstić information content (AvgIpc) is 3.04. The van der Waals surface area contributed by atoms with Crippen molar-refractivity contribution in [3.05, 3.63) is 52.1 Å². The van der Waals surface area contributed by atoms with E-state index in [1.165, 1.54) is 0 Å². The van der Waals surface area contributed by atoms with Crippen LogP contribution in [0.25, 0.3) is 0 Å². The number of ether oxygens (including phenoxy) is 1. The van der Waals surface area contributed by atoms with Gasteiger partial charge >= 0.3 is 12.3 Å². The van der Waals surface area contributed by atoms with Crippen molar-refractivity contribution in [1.29, 1.82) is 0 Å². The van der Waals surface area contributed by atoms with Gasteiger partial charge in [-0.2, -0.15) is 13.2 Å². The fourth-order valence-electron chi connectivity index (χ4n) is 2.67. The largest absolute Gasteiger partial charge is 0.444 e. The van der Waals surface area contributed by atoms with Crippen molar-refractivity contribution in [2.24, 2.45) is 0 Å². The smallest absolute Gasteiger partial charge is 0.417 e. The number of halogens is 5. The van der Waals surface area contributed by atoms with Crippen LogP contribution in [0.2, 0.25) is 10.0 Å². The molecule has 1 amide bonds. The zero-order valence-electron chi connectivity index (χ0n) is 13.8. The molecule has 2 heterocycles. The van der Waals surface area contributed by atoms with Gasteiger partial charge in [0, 0.05) is 29.9 Å². The van der Waals surface area contributed by atoms with Crippen LogP contribution in [0.1, 0.15) is 12.0 Å². The minimum atomic E-state index is -4.51. The molecule has 144 valence electrons. The monoisotopic (exact) mass is 419 g/mol.